The largest absolute Gasteiger partial charge is 0.477 e. The minimum Gasteiger partial charge on any atom is -0.477 e. The number of amides is 2. The number of pyridine rings is 1. The van der Waals surface area contributed by atoms with Gasteiger partial charge in [0.1, 0.15) is 45.6 Å². The van der Waals surface area contributed by atoms with Crippen LogP contribution in [0.3, 0.4) is 0 Å². The van der Waals surface area contributed by atoms with Crippen LogP contribution in [0.4, 0.5) is 5.13 Å². The number of nitrogens with one attached hydrogen (secondary N) is 2. The number of thiophene rings is 1. The minimum absolute atomic E-state index is 0.0168. The lowest BCUT2D eigenvalue weighted by molar-refractivity contribution is -0.687. The van der Waals surface area contributed by atoms with Gasteiger partial charge in [-0.15, -0.1) is 23.1 Å². The van der Waals surface area contributed by atoms with E-state index in [0.717, 1.165) is 27.1 Å². The van der Waals surface area contributed by atoms with E-state index in [2.05, 4.69) is 20.0 Å². The number of carboxylic acids is 1. The number of carbonyl (C=O) groups excluding carboxylic acids is 2. The van der Waals surface area contributed by atoms with Crippen molar-refractivity contribution in [1.29, 1.82) is 5.41 Å². The first-order chi connectivity index (χ1) is 21.5. The van der Waals surface area contributed by atoms with Gasteiger partial charge in [0.25, 0.3) is 11.8 Å². The van der Waals surface area contributed by atoms with Gasteiger partial charge in [-0.25, -0.2) is 9.78 Å². The first-order valence-electron chi connectivity index (χ1n) is 13.2. The number of oxime groups is 1. The van der Waals surface area contributed by atoms with Crippen molar-refractivity contribution in [3.05, 3.63) is 73.9 Å². The number of hydrogen-bond donors (Lipinski definition) is 5. The molecule has 0 unspecified atom stereocenters. The maximum Gasteiger partial charge on any atom is 0.352 e. The summed E-state index contributed by atoms with van der Waals surface area (Å²) in [6, 6.07) is 4.84. The van der Waals surface area contributed by atoms with Crippen LogP contribution in [0, 0.1) is 5.41 Å². The molecule has 2 amide bonds. The van der Waals surface area contributed by atoms with Crippen molar-refractivity contribution in [1.82, 2.24) is 19.8 Å². The molecule has 4 aromatic heterocycles. The smallest absolute Gasteiger partial charge is 0.352 e. The molecule has 0 aliphatic carbocycles. The van der Waals surface area contributed by atoms with Crippen LogP contribution >= 0.6 is 46.0 Å². The lowest BCUT2D eigenvalue weighted by Gasteiger charge is -2.49. The van der Waals surface area contributed by atoms with Crippen molar-refractivity contribution in [2.24, 2.45) is 10.9 Å². The molecule has 18 heteroatoms. The fraction of sp³-hybridized carbons (Fsp3) is 0.222. The Morgan fingerprint density at radius 2 is 2.18 bits per heavy atom. The Kier molecular flexibility index (Phi) is 8.25. The van der Waals surface area contributed by atoms with Crippen LogP contribution in [0.5, 0.6) is 0 Å². The molecule has 45 heavy (non-hydrogen) atoms. The molecule has 6 rings (SSSR count). The summed E-state index contributed by atoms with van der Waals surface area (Å²) >= 11 is 9.99. The average molecular weight is 687 g/mol. The van der Waals surface area contributed by atoms with Gasteiger partial charge in [0, 0.05) is 44.8 Å². The molecule has 0 radical (unpaired) electrons. The van der Waals surface area contributed by atoms with E-state index in [4.69, 9.17) is 33.3 Å². The lowest BCUT2D eigenvalue weighted by atomic mass is 10.0. The van der Waals surface area contributed by atoms with E-state index >= 15 is 0 Å². The summed E-state index contributed by atoms with van der Waals surface area (Å²) in [5.41, 5.74) is 13.1. The number of rotatable bonds is 10. The highest BCUT2D eigenvalue weighted by molar-refractivity contribution is 8.00. The molecule has 232 valence electrons. The van der Waals surface area contributed by atoms with Gasteiger partial charge in [0.2, 0.25) is 0 Å². The van der Waals surface area contributed by atoms with Crippen LogP contribution in [0.25, 0.3) is 10.9 Å². The molecule has 2 atom stereocenters. The third kappa shape index (κ3) is 5.74. The van der Waals surface area contributed by atoms with E-state index in [-0.39, 0.29) is 39.0 Å². The van der Waals surface area contributed by atoms with Crippen LogP contribution in [0.15, 0.2) is 58.6 Å². The highest BCUT2D eigenvalue weighted by Crippen LogP contribution is 2.40. The van der Waals surface area contributed by atoms with E-state index in [1.54, 1.807) is 0 Å². The van der Waals surface area contributed by atoms with Crippen molar-refractivity contribution < 1.29 is 28.9 Å². The number of nitrogens with two attached hydrogens (primary N) is 2. The fourth-order valence-corrected chi connectivity index (χ4v) is 8.30. The highest BCUT2D eigenvalue weighted by Gasteiger charge is 2.55. The number of thiazole rings is 1. The SMILES string of the molecule is CO/N=C(\C(=O)N[C@@H]1C(=O)N2C(C(=O)O)=C(C[n+]3ccc4ccn(Cc5cc(C(=N)N)cs5)c4c3)CS[C@H]12)c1nc(N)sc1Cl. The average Bonchev–Trinajstić information content (AvgIpc) is 3.73. The van der Waals surface area contributed by atoms with Crippen molar-refractivity contribution in [2.75, 3.05) is 18.6 Å². The monoisotopic (exact) mass is 686 g/mol. The van der Waals surface area contributed by atoms with Crippen molar-refractivity contribution in [3.8, 4) is 0 Å². The molecular formula is C27H25ClN9O5S3+. The number of anilines is 1. The number of fused-ring (bicyclic) bond motifs is 2. The molecule has 0 bridgehead atoms. The quantitative estimate of drug-likeness (QED) is 0.0541. The van der Waals surface area contributed by atoms with Gasteiger partial charge in [-0.05, 0) is 12.1 Å². The predicted octanol–water partition coefficient (Wildman–Crippen LogP) is 1.80. The zero-order valence-corrected chi connectivity index (χ0v) is 26.6. The molecular weight excluding hydrogens is 662 g/mol. The number of hydrogen-bond acceptors (Lipinski definition) is 11. The second-order valence-corrected chi connectivity index (χ2v) is 13.8. The summed E-state index contributed by atoms with van der Waals surface area (Å²) in [7, 11) is 1.25. The summed E-state index contributed by atoms with van der Waals surface area (Å²) in [5.74, 6) is -2.21. The third-order valence-electron chi connectivity index (χ3n) is 7.20. The Labute approximate surface area is 272 Å². The van der Waals surface area contributed by atoms with Crippen LogP contribution < -0.4 is 21.4 Å². The second-order valence-electron chi connectivity index (χ2n) is 10.0. The number of aromatic nitrogens is 3. The Hall–Kier alpha value is -4.45. The minimum atomic E-state index is -1.23. The molecule has 0 saturated carbocycles. The summed E-state index contributed by atoms with van der Waals surface area (Å²) in [6.45, 7) is 0.825. The first kappa shape index (κ1) is 30.6. The normalized spacial score (nSPS) is 18.1. The van der Waals surface area contributed by atoms with Gasteiger partial charge in [0.05, 0.1) is 6.54 Å². The van der Waals surface area contributed by atoms with Crippen molar-refractivity contribution >= 4 is 91.4 Å². The third-order valence-corrected chi connectivity index (χ3v) is 10.5. The van der Waals surface area contributed by atoms with E-state index in [1.165, 1.54) is 35.1 Å². The maximum atomic E-state index is 13.3. The first-order valence-corrected chi connectivity index (χ1v) is 16.3. The molecule has 4 aromatic rings. The molecule has 0 aromatic carbocycles. The molecule has 7 N–H and O–H groups in total. The summed E-state index contributed by atoms with van der Waals surface area (Å²) in [5, 5.41) is 26.5. The number of nitrogens with zero attached hydrogens (tertiary/aromatic N) is 5. The predicted molar refractivity (Wildman–Crippen MR) is 171 cm³/mol. The van der Waals surface area contributed by atoms with Gasteiger partial charge < -0.3 is 31.3 Å². The topological polar surface area (TPSA) is 206 Å². The van der Waals surface area contributed by atoms with Gasteiger partial charge in [-0.3, -0.25) is 19.9 Å². The fourth-order valence-electron chi connectivity index (χ4n) is 5.16. The van der Waals surface area contributed by atoms with Crippen LogP contribution in [0.1, 0.15) is 16.1 Å². The number of thioether (sulfide) groups is 1. The molecule has 6 heterocycles. The summed E-state index contributed by atoms with van der Waals surface area (Å²) < 4.78 is 4.08. The lowest BCUT2D eigenvalue weighted by Crippen LogP contribution is -2.71. The molecule has 1 saturated heterocycles. The highest BCUT2D eigenvalue weighted by atomic mass is 35.5. The van der Waals surface area contributed by atoms with Crippen LogP contribution in [-0.2, 0) is 32.3 Å². The van der Waals surface area contributed by atoms with Gasteiger partial charge in [0.15, 0.2) is 29.8 Å². The van der Waals surface area contributed by atoms with Gasteiger partial charge in [-0.1, -0.05) is 28.1 Å². The number of nitrogen functional groups attached to an aromatic ring is 2. The molecule has 1 fully saturated rings. The maximum absolute atomic E-state index is 13.3. The number of carbonyl (C=O) groups is 3. The molecule has 2 aliphatic rings. The molecule has 14 nitrogen and oxygen atoms in total. The van der Waals surface area contributed by atoms with Gasteiger partial charge in [-0.2, -0.15) is 4.57 Å². The zero-order chi connectivity index (χ0) is 32.0. The number of halogens is 1. The van der Waals surface area contributed by atoms with Crippen molar-refractivity contribution in [2.45, 2.75) is 24.5 Å². The van der Waals surface area contributed by atoms with Crippen LogP contribution in [0.2, 0.25) is 4.34 Å². The van der Waals surface area contributed by atoms with E-state index < -0.39 is 29.2 Å². The second kappa shape index (κ2) is 12.2. The standard InChI is InChI=1S/C27H24ClN9O5S3/c1-42-34-18(17-21(28)45-27(31)33-17)23(38)32-19-24(39)37-20(26(40)41)14(11-44-25(19)37)7-35-4-2-12-3-5-36(16(12)9-35)8-15-6-13(10-43-15)22(29)30/h2-6,9-10,19,25H,7-8,11H2,1H3,(H6-,29,30,31,32,33,38,40,41)/p+1/b34-18-/t19-,25-/m1/s1. The summed E-state index contributed by atoms with van der Waals surface area (Å²) in [4.78, 5) is 49.9. The number of β-lactam (4-membered cyclic amide) rings is 1. The Bertz CT molecular complexity index is 1950. The number of aliphatic carboxylic acids is 1. The van der Waals surface area contributed by atoms with E-state index in [9.17, 15) is 19.5 Å². The zero-order valence-electron chi connectivity index (χ0n) is 23.4. The number of carboxylic acid groups (broad SMARTS) is 1. The van der Waals surface area contributed by atoms with Crippen molar-refractivity contribution in [3.63, 3.8) is 0 Å². The Balaban J connectivity index is 1.21. The molecule has 0 spiro atoms. The Morgan fingerprint density at radius 3 is 2.84 bits per heavy atom. The number of amidine groups is 1. The van der Waals surface area contributed by atoms with E-state index in [1.807, 2.05) is 46.7 Å². The molecule has 2 aliphatic heterocycles. The van der Waals surface area contributed by atoms with E-state index in [0.29, 0.717) is 23.4 Å². The summed E-state index contributed by atoms with van der Waals surface area (Å²) in [6.07, 6.45) is 5.77. The van der Waals surface area contributed by atoms with Gasteiger partial charge >= 0.3 is 5.97 Å². The van der Waals surface area contributed by atoms with Crippen LogP contribution in [-0.4, -0.2) is 73.2 Å². The Morgan fingerprint density at radius 1 is 1.38 bits per heavy atom.